The Labute approximate surface area is 90.7 Å². The Hall–Kier alpha value is -1.35. The van der Waals surface area contributed by atoms with E-state index in [0.717, 1.165) is 11.1 Å². The van der Waals surface area contributed by atoms with Crippen molar-refractivity contribution in [3.05, 3.63) is 34.9 Å². The number of carbonyl (C=O) groups is 1. The summed E-state index contributed by atoms with van der Waals surface area (Å²) in [5.74, 6) is -0.0558. The summed E-state index contributed by atoms with van der Waals surface area (Å²) in [7, 11) is 0. The Kier molecular flexibility index (Phi) is 3.86. The minimum atomic E-state index is -0.0558. The zero-order chi connectivity index (χ0) is 11.4. The molecule has 15 heavy (non-hydrogen) atoms. The fraction of sp³-hybridized carbons (Fsp3) is 0.417. The Morgan fingerprint density at radius 2 is 1.87 bits per heavy atom. The smallest absolute Gasteiger partial charge is 0.251 e. The molecule has 0 saturated heterocycles. The van der Waals surface area contributed by atoms with Crippen molar-refractivity contribution in [1.29, 1.82) is 0 Å². The molecule has 82 valence electrons. The van der Waals surface area contributed by atoms with E-state index in [1.54, 1.807) is 0 Å². The molecule has 3 heteroatoms. The molecular formula is C12H18N2O. The molecule has 0 aliphatic heterocycles. The van der Waals surface area contributed by atoms with Gasteiger partial charge in [0.15, 0.2) is 0 Å². The first-order valence-corrected chi connectivity index (χ1v) is 5.12. The zero-order valence-electron chi connectivity index (χ0n) is 9.50. The highest BCUT2D eigenvalue weighted by Gasteiger charge is 2.08. The van der Waals surface area contributed by atoms with E-state index in [9.17, 15) is 4.79 Å². The lowest BCUT2D eigenvalue weighted by Crippen LogP contribution is -2.37. The third-order valence-electron chi connectivity index (χ3n) is 2.21. The first-order chi connectivity index (χ1) is 7.02. The van der Waals surface area contributed by atoms with Crippen molar-refractivity contribution in [3.63, 3.8) is 0 Å². The Morgan fingerprint density at radius 3 is 2.33 bits per heavy atom. The number of nitrogens with one attached hydrogen (secondary N) is 1. The molecule has 1 unspecified atom stereocenters. The van der Waals surface area contributed by atoms with Crippen LogP contribution in [-0.4, -0.2) is 18.5 Å². The van der Waals surface area contributed by atoms with Crippen LogP contribution in [0, 0.1) is 13.8 Å². The molecule has 0 aromatic heterocycles. The number of hydrogen-bond donors (Lipinski definition) is 2. The summed E-state index contributed by atoms with van der Waals surface area (Å²) >= 11 is 0. The molecule has 0 aliphatic rings. The van der Waals surface area contributed by atoms with E-state index in [1.165, 1.54) is 0 Å². The van der Waals surface area contributed by atoms with Crippen molar-refractivity contribution in [1.82, 2.24) is 5.32 Å². The van der Waals surface area contributed by atoms with E-state index in [4.69, 9.17) is 5.73 Å². The monoisotopic (exact) mass is 206 g/mol. The summed E-state index contributed by atoms with van der Waals surface area (Å²) in [6.45, 7) is 6.31. The van der Waals surface area contributed by atoms with Crippen LogP contribution in [0.4, 0.5) is 0 Å². The molecule has 1 aromatic carbocycles. The van der Waals surface area contributed by atoms with Crippen LogP contribution >= 0.6 is 0 Å². The number of rotatable bonds is 3. The van der Waals surface area contributed by atoms with Crippen molar-refractivity contribution in [2.75, 3.05) is 6.54 Å². The van der Waals surface area contributed by atoms with E-state index in [2.05, 4.69) is 5.32 Å². The van der Waals surface area contributed by atoms with E-state index in [1.807, 2.05) is 39.0 Å². The molecule has 0 bridgehead atoms. The average molecular weight is 206 g/mol. The summed E-state index contributed by atoms with van der Waals surface area (Å²) in [5, 5.41) is 2.84. The molecule has 0 spiro atoms. The van der Waals surface area contributed by atoms with Gasteiger partial charge in [-0.15, -0.1) is 0 Å². The van der Waals surface area contributed by atoms with Crippen molar-refractivity contribution in [2.45, 2.75) is 26.8 Å². The molecular weight excluding hydrogens is 188 g/mol. The van der Waals surface area contributed by atoms with E-state index in [-0.39, 0.29) is 11.9 Å². The summed E-state index contributed by atoms with van der Waals surface area (Å²) in [4.78, 5) is 11.8. The third-order valence-corrected chi connectivity index (χ3v) is 2.21. The van der Waals surface area contributed by atoms with Crippen molar-refractivity contribution < 1.29 is 4.79 Å². The second-order valence-corrected chi connectivity index (χ2v) is 3.99. The Balaban J connectivity index is 2.82. The van der Waals surface area contributed by atoms with Crippen molar-refractivity contribution >= 4 is 5.91 Å². The summed E-state index contributed by atoms with van der Waals surface area (Å²) in [6.07, 6.45) is 0. The van der Waals surface area contributed by atoms with Crippen molar-refractivity contribution in [3.8, 4) is 0 Å². The number of benzene rings is 1. The van der Waals surface area contributed by atoms with E-state index < -0.39 is 0 Å². The highest BCUT2D eigenvalue weighted by atomic mass is 16.1. The van der Waals surface area contributed by atoms with Gasteiger partial charge in [-0.1, -0.05) is 17.2 Å². The van der Waals surface area contributed by atoms with Gasteiger partial charge in [0, 0.05) is 18.2 Å². The number of amides is 1. The van der Waals surface area contributed by atoms with Gasteiger partial charge in [-0.25, -0.2) is 0 Å². The van der Waals surface area contributed by atoms with Gasteiger partial charge in [-0.3, -0.25) is 4.79 Å². The highest BCUT2D eigenvalue weighted by Crippen LogP contribution is 2.08. The van der Waals surface area contributed by atoms with Gasteiger partial charge in [-0.05, 0) is 32.9 Å². The lowest BCUT2D eigenvalue weighted by Gasteiger charge is -2.12. The maximum atomic E-state index is 11.8. The van der Waals surface area contributed by atoms with Crippen LogP contribution in [-0.2, 0) is 0 Å². The molecule has 1 amide bonds. The molecule has 0 aliphatic carbocycles. The van der Waals surface area contributed by atoms with Gasteiger partial charge < -0.3 is 11.1 Å². The van der Waals surface area contributed by atoms with E-state index in [0.29, 0.717) is 12.1 Å². The van der Waals surface area contributed by atoms with Gasteiger partial charge in [0.1, 0.15) is 0 Å². The van der Waals surface area contributed by atoms with Gasteiger partial charge in [-0.2, -0.15) is 0 Å². The number of aryl methyl sites for hydroxylation is 2. The minimum Gasteiger partial charge on any atom is -0.348 e. The fourth-order valence-corrected chi connectivity index (χ4v) is 1.47. The van der Waals surface area contributed by atoms with Crippen LogP contribution in [0.15, 0.2) is 18.2 Å². The summed E-state index contributed by atoms with van der Waals surface area (Å²) < 4.78 is 0. The number of hydrogen-bond acceptors (Lipinski definition) is 2. The fourth-order valence-electron chi connectivity index (χ4n) is 1.47. The van der Waals surface area contributed by atoms with E-state index >= 15 is 0 Å². The van der Waals surface area contributed by atoms with Gasteiger partial charge in [0.25, 0.3) is 5.91 Å². The predicted molar refractivity (Wildman–Crippen MR) is 61.9 cm³/mol. The van der Waals surface area contributed by atoms with Gasteiger partial charge in [0.05, 0.1) is 0 Å². The molecule has 0 fully saturated rings. The molecule has 3 N–H and O–H groups in total. The molecule has 1 rings (SSSR count). The molecule has 0 radical (unpaired) electrons. The van der Waals surface area contributed by atoms with Crippen molar-refractivity contribution in [2.24, 2.45) is 5.73 Å². The number of carbonyl (C=O) groups excluding carboxylic acids is 1. The van der Waals surface area contributed by atoms with Crippen LogP contribution < -0.4 is 11.1 Å². The first kappa shape index (κ1) is 11.7. The lowest BCUT2D eigenvalue weighted by molar-refractivity contribution is 0.0941. The first-order valence-electron chi connectivity index (χ1n) is 5.12. The van der Waals surface area contributed by atoms with Crippen LogP contribution in [0.3, 0.4) is 0 Å². The molecule has 0 saturated carbocycles. The molecule has 1 atom stereocenters. The summed E-state index contributed by atoms with van der Waals surface area (Å²) in [6, 6.07) is 5.82. The van der Waals surface area contributed by atoms with Crippen LogP contribution in [0.25, 0.3) is 0 Å². The van der Waals surface area contributed by atoms with Gasteiger partial charge in [0.2, 0.25) is 0 Å². The highest BCUT2D eigenvalue weighted by molar-refractivity contribution is 5.94. The Bertz CT molecular complexity index is 340. The quantitative estimate of drug-likeness (QED) is 0.785. The standard InChI is InChI=1S/C12H18N2O/c1-8-4-9(2)6-11(5-8)12(15)14-10(3)7-13/h4-6,10H,7,13H2,1-3H3,(H,14,15). The predicted octanol–water partition coefficient (Wildman–Crippen LogP) is 1.38. The second kappa shape index (κ2) is 4.94. The normalized spacial score (nSPS) is 12.3. The van der Waals surface area contributed by atoms with Crippen LogP contribution in [0.5, 0.6) is 0 Å². The second-order valence-electron chi connectivity index (χ2n) is 3.99. The maximum Gasteiger partial charge on any atom is 0.251 e. The zero-order valence-corrected chi connectivity index (χ0v) is 9.50. The molecule has 3 nitrogen and oxygen atoms in total. The maximum absolute atomic E-state index is 11.8. The topological polar surface area (TPSA) is 55.1 Å². The van der Waals surface area contributed by atoms with Gasteiger partial charge >= 0.3 is 0 Å². The third kappa shape index (κ3) is 3.36. The summed E-state index contributed by atoms with van der Waals surface area (Å²) in [5.41, 5.74) is 8.34. The van der Waals surface area contributed by atoms with Crippen LogP contribution in [0.1, 0.15) is 28.4 Å². The lowest BCUT2D eigenvalue weighted by atomic mass is 10.1. The Morgan fingerprint density at radius 1 is 1.33 bits per heavy atom. The largest absolute Gasteiger partial charge is 0.348 e. The number of nitrogens with two attached hydrogens (primary N) is 1. The van der Waals surface area contributed by atoms with Crippen LogP contribution in [0.2, 0.25) is 0 Å². The average Bonchev–Trinajstić information content (AvgIpc) is 2.16. The molecule has 1 aromatic rings. The molecule has 0 heterocycles. The minimum absolute atomic E-state index is 0.0123. The SMILES string of the molecule is Cc1cc(C)cc(C(=O)NC(C)CN)c1.